The molecule has 1 atom stereocenters. The Hall–Kier alpha value is -1.07. The van der Waals surface area contributed by atoms with Crippen molar-refractivity contribution in [2.24, 2.45) is 0 Å². The van der Waals surface area contributed by atoms with Crippen molar-refractivity contribution in [1.29, 1.82) is 0 Å². The van der Waals surface area contributed by atoms with Gasteiger partial charge in [-0.15, -0.1) is 0 Å². The molecular weight excluding hydrogens is 286 g/mol. The van der Waals surface area contributed by atoms with Gasteiger partial charge in [0.1, 0.15) is 5.75 Å². The third-order valence-corrected chi connectivity index (χ3v) is 5.97. The summed E-state index contributed by atoms with van der Waals surface area (Å²) in [5, 5.41) is 0. The fraction of sp³-hybridized carbons (Fsp3) is 0.625. The van der Waals surface area contributed by atoms with Crippen LogP contribution in [0.1, 0.15) is 46.0 Å². The van der Waals surface area contributed by atoms with Crippen LogP contribution in [-0.4, -0.2) is 31.9 Å². The van der Waals surface area contributed by atoms with Crippen LogP contribution in [0.2, 0.25) is 0 Å². The maximum atomic E-state index is 12.7. The van der Waals surface area contributed by atoms with E-state index in [4.69, 9.17) is 4.74 Å². The highest BCUT2D eigenvalue weighted by atomic mass is 32.2. The number of rotatable bonds is 6. The second kappa shape index (κ2) is 7.27. The molecule has 0 unspecified atom stereocenters. The predicted molar refractivity (Wildman–Crippen MR) is 84.0 cm³/mol. The lowest BCUT2D eigenvalue weighted by Gasteiger charge is -2.32. The van der Waals surface area contributed by atoms with Gasteiger partial charge in [0.2, 0.25) is 10.0 Å². The minimum atomic E-state index is -3.38. The van der Waals surface area contributed by atoms with E-state index in [2.05, 4.69) is 6.92 Å². The first-order chi connectivity index (χ1) is 10.1. The van der Waals surface area contributed by atoms with Gasteiger partial charge in [-0.3, -0.25) is 0 Å². The van der Waals surface area contributed by atoms with Crippen LogP contribution in [0.4, 0.5) is 0 Å². The Morgan fingerprint density at radius 1 is 1.24 bits per heavy atom. The van der Waals surface area contributed by atoms with Crippen molar-refractivity contribution in [1.82, 2.24) is 4.31 Å². The molecular formula is C16H25NO3S. The fourth-order valence-corrected chi connectivity index (χ4v) is 4.31. The first-order valence-corrected chi connectivity index (χ1v) is 9.24. The number of benzene rings is 1. The van der Waals surface area contributed by atoms with E-state index in [-0.39, 0.29) is 6.04 Å². The zero-order valence-electron chi connectivity index (χ0n) is 12.9. The molecule has 5 heteroatoms. The second-order valence-electron chi connectivity index (χ2n) is 5.63. The van der Waals surface area contributed by atoms with E-state index in [9.17, 15) is 8.42 Å². The Labute approximate surface area is 128 Å². The minimum Gasteiger partial charge on any atom is -0.494 e. The van der Waals surface area contributed by atoms with Gasteiger partial charge in [-0.25, -0.2) is 8.42 Å². The van der Waals surface area contributed by atoms with Crippen molar-refractivity contribution >= 4 is 10.0 Å². The Morgan fingerprint density at radius 3 is 2.57 bits per heavy atom. The fourth-order valence-electron chi connectivity index (χ4n) is 2.61. The molecule has 0 bridgehead atoms. The summed E-state index contributed by atoms with van der Waals surface area (Å²) in [5.74, 6) is 0.731. The SMILES string of the molecule is CCCCOc1ccc(S(=O)(=O)N2CCCC[C@H]2C)cc1. The largest absolute Gasteiger partial charge is 0.494 e. The molecule has 1 fully saturated rings. The number of ether oxygens (including phenoxy) is 1. The summed E-state index contributed by atoms with van der Waals surface area (Å²) >= 11 is 0. The molecule has 0 saturated carbocycles. The van der Waals surface area contributed by atoms with Crippen molar-refractivity contribution in [3.05, 3.63) is 24.3 Å². The molecule has 0 aromatic heterocycles. The zero-order chi connectivity index (χ0) is 15.3. The number of nitrogens with zero attached hydrogens (tertiary/aromatic N) is 1. The molecule has 1 aliphatic rings. The molecule has 1 aliphatic heterocycles. The third kappa shape index (κ3) is 3.98. The molecule has 0 N–H and O–H groups in total. The standard InChI is InChI=1S/C16H25NO3S/c1-3-4-13-20-15-8-10-16(11-9-15)21(18,19)17-12-6-5-7-14(17)2/h8-11,14H,3-7,12-13H2,1-2H3/t14-/m1/s1. The molecule has 118 valence electrons. The van der Waals surface area contributed by atoms with Crippen LogP contribution in [0.25, 0.3) is 0 Å². The van der Waals surface area contributed by atoms with Gasteiger partial charge in [-0.05, 0) is 50.5 Å². The Kier molecular flexibility index (Phi) is 5.65. The number of piperidine rings is 1. The number of hydrogen-bond donors (Lipinski definition) is 0. The van der Waals surface area contributed by atoms with Crippen molar-refractivity contribution < 1.29 is 13.2 Å². The molecule has 0 spiro atoms. The summed E-state index contributed by atoms with van der Waals surface area (Å²) in [4.78, 5) is 0.360. The van der Waals surface area contributed by atoms with Crippen molar-refractivity contribution in [2.75, 3.05) is 13.2 Å². The van der Waals surface area contributed by atoms with E-state index in [1.54, 1.807) is 28.6 Å². The highest BCUT2D eigenvalue weighted by Gasteiger charge is 2.30. The van der Waals surface area contributed by atoms with Crippen LogP contribution in [0.3, 0.4) is 0 Å². The average Bonchev–Trinajstić information content (AvgIpc) is 2.48. The van der Waals surface area contributed by atoms with Crippen LogP contribution in [0.15, 0.2) is 29.2 Å². The zero-order valence-corrected chi connectivity index (χ0v) is 13.7. The van der Waals surface area contributed by atoms with E-state index < -0.39 is 10.0 Å². The summed E-state index contributed by atoms with van der Waals surface area (Å²) in [6.07, 6.45) is 5.08. The number of unbranched alkanes of at least 4 members (excludes halogenated alkanes) is 1. The third-order valence-electron chi connectivity index (χ3n) is 3.94. The number of hydrogen-bond acceptors (Lipinski definition) is 3. The van der Waals surface area contributed by atoms with E-state index in [1.807, 2.05) is 6.92 Å². The molecule has 1 aromatic carbocycles. The molecule has 2 rings (SSSR count). The summed E-state index contributed by atoms with van der Waals surface area (Å²) in [6.45, 7) is 5.39. The first-order valence-electron chi connectivity index (χ1n) is 7.80. The van der Waals surface area contributed by atoms with Crippen molar-refractivity contribution in [2.45, 2.75) is 56.9 Å². The normalized spacial score (nSPS) is 20.4. The van der Waals surface area contributed by atoms with Gasteiger partial charge in [-0.1, -0.05) is 19.8 Å². The lowest BCUT2D eigenvalue weighted by Crippen LogP contribution is -2.41. The summed E-state index contributed by atoms with van der Waals surface area (Å²) in [7, 11) is -3.38. The number of sulfonamides is 1. The molecule has 1 saturated heterocycles. The molecule has 0 aliphatic carbocycles. The molecule has 1 heterocycles. The highest BCUT2D eigenvalue weighted by Crippen LogP contribution is 2.26. The molecule has 4 nitrogen and oxygen atoms in total. The molecule has 1 aromatic rings. The monoisotopic (exact) mass is 311 g/mol. The van der Waals surface area contributed by atoms with E-state index in [0.717, 1.165) is 37.9 Å². The average molecular weight is 311 g/mol. The van der Waals surface area contributed by atoms with Gasteiger partial charge in [0.25, 0.3) is 0 Å². The van der Waals surface area contributed by atoms with Gasteiger partial charge < -0.3 is 4.74 Å². The van der Waals surface area contributed by atoms with Crippen molar-refractivity contribution in [3.63, 3.8) is 0 Å². The summed E-state index contributed by atoms with van der Waals surface area (Å²) in [5.41, 5.74) is 0. The lowest BCUT2D eigenvalue weighted by atomic mass is 10.1. The summed E-state index contributed by atoms with van der Waals surface area (Å²) in [6, 6.07) is 6.88. The van der Waals surface area contributed by atoms with E-state index in [0.29, 0.717) is 18.0 Å². The second-order valence-corrected chi connectivity index (χ2v) is 7.52. The van der Waals surface area contributed by atoms with Gasteiger partial charge in [-0.2, -0.15) is 4.31 Å². The summed E-state index contributed by atoms with van der Waals surface area (Å²) < 4.78 is 32.5. The van der Waals surface area contributed by atoms with Crippen molar-refractivity contribution in [3.8, 4) is 5.75 Å². The van der Waals surface area contributed by atoms with Crippen LogP contribution in [0.5, 0.6) is 5.75 Å². The molecule has 0 radical (unpaired) electrons. The predicted octanol–water partition coefficient (Wildman–Crippen LogP) is 3.43. The Balaban J connectivity index is 2.09. The van der Waals surface area contributed by atoms with E-state index in [1.165, 1.54) is 0 Å². The van der Waals surface area contributed by atoms with Gasteiger partial charge in [0.15, 0.2) is 0 Å². The van der Waals surface area contributed by atoms with Gasteiger partial charge in [0, 0.05) is 12.6 Å². The topological polar surface area (TPSA) is 46.6 Å². The quantitative estimate of drug-likeness (QED) is 0.756. The first kappa shape index (κ1) is 16.3. The highest BCUT2D eigenvalue weighted by molar-refractivity contribution is 7.89. The Bertz CT molecular complexity index is 539. The maximum absolute atomic E-state index is 12.7. The maximum Gasteiger partial charge on any atom is 0.243 e. The van der Waals surface area contributed by atoms with Gasteiger partial charge in [0.05, 0.1) is 11.5 Å². The Morgan fingerprint density at radius 2 is 1.95 bits per heavy atom. The van der Waals surface area contributed by atoms with Gasteiger partial charge >= 0.3 is 0 Å². The van der Waals surface area contributed by atoms with Crippen LogP contribution < -0.4 is 4.74 Å². The minimum absolute atomic E-state index is 0.0873. The smallest absolute Gasteiger partial charge is 0.243 e. The van der Waals surface area contributed by atoms with Crippen LogP contribution >= 0.6 is 0 Å². The molecule has 21 heavy (non-hydrogen) atoms. The van der Waals surface area contributed by atoms with E-state index >= 15 is 0 Å². The lowest BCUT2D eigenvalue weighted by molar-refractivity contribution is 0.268. The van der Waals surface area contributed by atoms with Crippen LogP contribution in [-0.2, 0) is 10.0 Å². The molecule has 0 amide bonds. The van der Waals surface area contributed by atoms with Crippen LogP contribution in [0, 0.1) is 0 Å².